The molecule has 0 bridgehead atoms. The first-order valence-electron chi connectivity index (χ1n) is 4.06. The second kappa shape index (κ2) is 2.32. The van der Waals surface area contributed by atoms with Crippen LogP contribution in [-0.4, -0.2) is 29.7 Å². The van der Waals surface area contributed by atoms with Crippen molar-refractivity contribution in [2.24, 2.45) is 5.92 Å². The minimum absolute atomic E-state index is 0.115. The van der Waals surface area contributed by atoms with E-state index in [0.29, 0.717) is 19.0 Å². The van der Waals surface area contributed by atoms with Crippen molar-refractivity contribution in [2.45, 2.75) is 25.3 Å². The van der Waals surface area contributed by atoms with E-state index in [4.69, 9.17) is 0 Å². The van der Waals surface area contributed by atoms with Gasteiger partial charge in [-0.3, -0.25) is 4.79 Å². The molecule has 1 amide bonds. The lowest BCUT2D eigenvalue weighted by Crippen LogP contribution is -2.27. The van der Waals surface area contributed by atoms with Crippen LogP contribution in [-0.2, 0) is 9.59 Å². The normalized spacial score (nSPS) is 36.0. The Morgan fingerprint density at radius 1 is 1.55 bits per heavy atom. The summed E-state index contributed by atoms with van der Waals surface area (Å²) in [5, 5.41) is 0. The van der Waals surface area contributed by atoms with Crippen LogP contribution in [0.25, 0.3) is 0 Å². The highest BCUT2D eigenvalue weighted by Crippen LogP contribution is 2.30. The predicted molar refractivity (Wildman–Crippen MR) is 38.9 cm³/mol. The molecule has 11 heavy (non-hydrogen) atoms. The van der Waals surface area contributed by atoms with Crippen LogP contribution < -0.4 is 0 Å². The number of rotatable bonds is 1. The summed E-state index contributed by atoms with van der Waals surface area (Å²) in [6.07, 6.45) is 3.53. The highest BCUT2D eigenvalue weighted by Gasteiger charge is 2.39. The Balaban J connectivity index is 2.09. The predicted octanol–water partition coefficient (Wildman–Crippen LogP) is 0.196. The van der Waals surface area contributed by atoms with E-state index in [2.05, 4.69) is 0 Å². The fourth-order valence-electron chi connectivity index (χ4n) is 2.06. The van der Waals surface area contributed by atoms with Crippen LogP contribution in [0.4, 0.5) is 0 Å². The van der Waals surface area contributed by atoms with E-state index in [-0.39, 0.29) is 11.8 Å². The van der Waals surface area contributed by atoms with Crippen LogP contribution in [0, 0.1) is 5.92 Å². The molecule has 0 saturated carbocycles. The average Bonchev–Trinajstić information content (AvgIpc) is 2.53. The van der Waals surface area contributed by atoms with Crippen LogP contribution in [0.1, 0.15) is 19.3 Å². The number of carbonyl (C=O) groups is 2. The summed E-state index contributed by atoms with van der Waals surface area (Å²) in [6.45, 7) is 0.674. The monoisotopic (exact) mass is 153 g/mol. The molecule has 3 nitrogen and oxygen atoms in total. The van der Waals surface area contributed by atoms with E-state index in [9.17, 15) is 9.59 Å². The minimum Gasteiger partial charge on any atom is -0.339 e. The van der Waals surface area contributed by atoms with Crippen molar-refractivity contribution in [3.05, 3.63) is 0 Å². The number of nitrogens with zero attached hydrogens (tertiary/aromatic N) is 1. The van der Waals surface area contributed by atoms with Gasteiger partial charge in [0.1, 0.15) is 6.29 Å². The summed E-state index contributed by atoms with van der Waals surface area (Å²) in [4.78, 5) is 23.4. The van der Waals surface area contributed by atoms with Crippen molar-refractivity contribution in [3.8, 4) is 0 Å². The maximum absolute atomic E-state index is 11.1. The van der Waals surface area contributed by atoms with Crippen LogP contribution in [0.3, 0.4) is 0 Å². The van der Waals surface area contributed by atoms with E-state index in [1.807, 2.05) is 4.90 Å². The molecule has 2 aliphatic rings. The zero-order valence-corrected chi connectivity index (χ0v) is 6.32. The molecule has 2 atom stereocenters. The van der Waals surface area contributed by atoms with E-state index in [1.165, 1.54) is 0 Å². The first kappa shape index (κ1) is 6.83. The molecule has 0 aromatic rings. The maximum Gasteiger partial charge on any atom is 0.222 e. The molecular formula is C8H11NO2. The Labute approximate surface area is 65.4 Å². The summed E-state index contributed by atoms with van der Waals surface area (Å²) < 4.78 is 0. The van der Waals surface area contributed by atoms with Crippen molar-refractivity contribution < 1.29 is 9.59 Å². The molecule has 2 aliphatic heterocycles. The van der Waals surface area contributed by atoms with Gasteiger partial charge in [0.2, 0.25) is 5.91 Å². The SMILES string of the molecule is O=C[C@@H]1C[C@@H]2CCC(=O)N2C1. The Kier molecular flexibility index (Phi) is 1.44. The third kappa shape index (κ3) is 0.951. The van der Waals surface area contributed by atoms with Gasteiger partial charge >= 0.3 is 0 Å². The fraction of sp³-hybridized carbons (Fsp3) is 0.750. The average molecular weight is 153 g/mol. The molecule has 0 aliphatic carbocycles. The van der Waals surface area contributed by atoms with E-state index in [0.717, 1.165) is 19.1 Å². The fourth-order valence-corrected chi connectivity index (χ4v) is 2.06. The summed E-state index contributed by atoms with van der Waals surface area (Å²) >= 11 is 0. The first-order valence-corrected chi connectivity index (χ1v) is 4.06. The van der Waals surface area contributed by atoms with Crippen molar-refractivity contribution in [1.29, 1.82) is 0 Å². The second-order valence-corrected chi connectivity index (χ2v) is 3.37. The van der Waals surface area contributed by atoms with Crippen LogP contribution in [0.2, 0.25) is 0 Å². The molecule has 60 valence electrons. The molecule has 0 aromatic carbocycles. The largest absolute Gasteiger partial charge is 0.339 e. The van der Waals surface area contributed by atoms with Crippen molar-refractivity contribution in [3.63, 3.8) is 0 Å². The molecule has 0 unspecified atom stereocenters. The van der Waals surface area contributed by atoms with Gasteiger partial charge in [-0.05, 0) is 12.8 Å². The number of aldehydes is 1. The zero-order valence-electron chi connectivity index (χ0n) is 6.32. The number of hydrogen-bond donors (Lipinski definition) is 0. The Hall–Kier alpha value is -0.860. The van der Waals surface area contributed by atoms with E-state index < -0.39 is 0 Å². The molecule has 0 aromatic heterocycles. The third-order valence-electron chi connectivity index (χ3n) is 2.65. The molecule has 2 saturated heterocycles. The first-order chi connectivity index (χ1) is 5.31. The minimum atomic E-state index is 0.115. The second-order valence-electron chi connectivity index (χ2n) is 3.37. The van der Waals surface area contributed by atoms with E-state index in [1.54, 1.807) is 0 Å². The molecule has 0 spiro atoms. The lowest BCUT2D eigenvalue weighted by molar-refractivity contribution is -0.128. The number of carbonyl (C=O) groups excluding carboxylic acids is 2. The number of fused-ring (bicyclic) bond motifs is 1. The highest BCUT2D eigenvalue weighted by molar-refractivity contribution is 5.80. The van der Waals surface area contributed by atoms with Gasteiger partial charge < -0.3 is 9.69 Å². The standard InChI is InChI=1S/C8H11NO2/c10-5-6-3-7-1-2-8(11)9(7)4-6/h5-7H,1-4H2/t6-,7+/m1/s1. The molecule has 2 rings (SSSR count). The Morgan fingerprint density at radius 2 is 2.36 bits per heavy atom. The van der Waals surface area contributed by atoms with E-state index >= 15 is 0 Å². The van der Waals surface area contributed by atoms with Crippen LogP contribution in [0.5, 0.6) is 0 Å². The highest BCUT2D eigenvalue weighted by atomic mass is 16.2. The summed E-state index contributed by atoms with van der Waals surface area (Å²) in [6, 6.07) is 0.387. The quantitative estimate of drug-likeness (QED) is 0.504. The zero-order chi connectivity index (χ0) is 7.84. The van der Waals surface area contributed by atoms with Crippen LogP contribution in [0.15, 0.2) is 0 Å². The van der Waals surface area contributed by atoms with Crippen LogP contribution >= 0.6 is 0 Å². The van der Waals surface area contributed by atoms with Gasteiger partial charge in [0.05, 0.1) is 0 Å². The summed E-state index contributed by atoms with van der Waals surface area (Å²) in [5.74, 6) is 0.351. The van der Waals surface area contributed by atoms with Gasteiger partial charge in [-0.2, -0.15) is 0 Å². The number of amides is 1. The molecule has 2 fully saturated rings. The van der Waals surface area contributed by atoms with Crippen molar-refractivity contribution >= 4 is 12.2 Å². The van der Waals surface area contributed by atoms with Gasteiger partial charge in [-0.25, -0.2) is 0 Å². The Morgan fingerprint density at radius 3 is 3.00 bits per heavy atom. The topological polar surface area (TPSA) is 37.4 Å². The van der Waals surface area contributed by atoms with Gasteiger partial charge in [0.25, 0.3) is 0 Å². The lowest BCUT2D eigenvalue weighted by Gasteiger charge is -2.13. The summed E-state index contributed by atoms with van der Waals surface area (Å²) in [5.41, 5.74) is 0. The van der Waals surface area contributed by atoms with Crippen molar-refractivity contribution in [1.82, 2.24) is 4.90 Å². The number of hydrogen-bond acceptors (Lipinski definition) is 2. The molecule has 3 heteroatoms. The molecular weight excluding hydrogens is 142 g/mol. The molecule has 0 radical (unpaired) electrons. The molecule has 0 N–H and O–H groups in total. The van der Waals surface area contributed by atoms with Gasteiger partial charge in [0, 0.05) is 24.9 Å². The maximum atomic E-state index is 11.1. The van der Waals surface area contributed by atoms with Gasteiger partial charge in [-0.1, -0.05) is 0 Å². The van der Waals surface area contributed by atoms with Crippen molar-refractivity contribution in [2.75, 3.05) is 6.54 Å². The lowest BCUT2D eigenvalue weighted by atomic mass is 10.1. The molecule has 2 heterocycles. The Bertz CT molecular complexity index is 202. The third-order valence-corrected chi connectivity index (χ3v) is 2.65. The summed E-state index contributed by atoms with van der Waals surface area (Å²) in [7, 11) is 0. The van der Waals surface area contributed by atoms with Gasteiger partial charge in [0.15, 0.2) is 0 Å². The smallest absolute Gasteiger partial charge is 0.222 e. The van der Waals surface area contributed by atoms with Gasteiger partial charge in [-0.15, -0.1) is 0 Å².